The molecule has 1 saturated heterocycles. The van der Waals surface area contributed by atoms with Gasteiger partial charge in [-0.05, 0) is 38.4 Å². The molecule has 114 valence electrons. The number of nitrogen functional groups attached to an aromatic ring is 1. The van der Waals surface area contributed by atoms with Gasteiger partial charge < -0.3 is 16.0 Å². The number of piperidine rings is 1. The summed E-state index contributed by atoms with van der Waals surface area (Å²) < 4.78 is 0. The van der Waals surface area contributed by atoms with Gasteiger partial charge in [-0.2, -0.15) is 0 Å². The number of carbonyl (C=O) groups excluding carboxylic acids is 1. The number of non-ortho nitro benzene ring substituents is 1. The van der Waals surface area contributed by atoms with Gasteiger partial charge in [0.15, 0.2) is 0 Å². The summed E-state index contributed by atoms with van der Waals surface area (Å²) in [5.74, 6) is 0.0528. The lowest BCUT2D eigenvalue weighted by atomic mass is 9.98. The van der Waals surface area contributed by atoms with Gasteiger partial charge in [0.1, 0.15) is 0 Å². The van der Waals surface area contributed by atoms with Crippen LogP contribution in [0.3, 0.4) is 0 Å². The van der Waals surface area contributed by atoms with Crippen LogP contribution in [0.15, 0.2) is 18.2 Å². The number of amides is 1. The first-order valence-electron chi connectivity index (χ1n) is 6.98. The molecule has 1 fully saturated rings. The van der Waals surface area contributed by atoms with E-state index in [0.717, 1.165) is 25.9 Å². The summed E-state index contributed by atoms with van der Waals surface area (Å²) in [4.78, 5) is 24.6. The fourth-order valence-electron chi connectivity index (χ4n) is 2.63. The van der Waals surface area contributed by atoms with Crippen LogP contribution in [0.1, 0.15) is 23.2 Å². The number of nitrogens with zero attached hydrogens (tertiary/aromatic N) is 2. The molecule has 1 atom stereocenters. The van der Waals surface area contributed by atoms with Gasteiger partial charge in [0.25, 0.3) is 11.6 Å². The summed E-state index contributed by atoms with van der Waals surface area (Å²) >= 11 is 0. The quantitative estimate of drug-likeness (QED) is 0.494. The average Bonchev–Trinajstić information content (AvgIpc) is 2.45. The molecule has 7 heteroatoms. The van der Waals surface area contributed by atoms with E-state index in [2.05, 4.69) is 17.3 Å². The van der Waals surface area contributed by atoms with Gasteiger partial charge >= 0.3 is 0 Å². The Morgan fingerprint density at radius 2 is 2.33 bits per heavy atom. The SMILES string of the molecule is CN1CCCC(CNC(=O)c2cc([N+](=O)[O-])ccc2N)C1. The molecule has 0 spiro atoms. The summed E-state index contributed by atoms with van der Waals surface area (Å²) in [5.41, 5.74) is 6.01. The third-order valence-electron chi connectivity index (χ3n) is 3.77. The second-order valence-electron chi connectivity index (χ2n) is 5.51. The maximum Gasteiger partial charge on any atom is 0.270 e. The Morgan fingerprint density at radius 1 is 1.57 bits per heavy atom. The normalized spacial score (nSPS) is 19.2. The van der Waals surface area contributed by atoms with Crippen molar-refractivity contribution in [1.82, 2.24) is 10.2 Å². The first-order valence-corrected chi connectivity index (χ1v) is 6.98. The lowest BCUT2D eigenvalue weighted by Crippen LogP contribution is -2.39. The van der Waals surface area contributed by atoms with Crippen LogP contribution in [0, 0.1) is 16.0 Å². The lowest BCUT2D eigenvalue weighted by Gasteiger charge is -2.29. The van der Waals surface area contributed by atoms with E-state index in [4.69, 9.17) is 5.73 Å². The number of nitro benzene ring substituents is 1. The minimum absolute atomic E-state index is 0.133. The first kappa shape index (κ1) is 15.2. The molecule has 1 aliphatic rings. The van der Waals surface area contributed by atoms with Crippen molar-refractivity contribution in [3.8, 4) is 0 Å². The van der Waals surface area contributed by atoms with Crippen molar-refractivity contribution in [3.05, 3.63) is 33.9 Å². The molecule has 0 saturated carbocycles. The van der Waals surface area contributed by atoms with Crippen molar-refractivity contribution in [2.75, 3.05) is 32.4 Å². The maximum absolute atomic E-state index is 12.1. The molecule has 1 heterocycles. The average molecular weight is 292 g/mol. The summed E-state index contributed by atoms with van der Waals surface area (Å²) in [7, 11) is 2.06. The van der Waals surface area contributed by atoms with Gasteiger partial charge in [-0.1, -0.05) is 0 Å². The lowest BCUT2D eigenvalue weighted by molar-refractivity contribution is -0.384. The number of benzene rings is 1. The van der Waals surface area contributed by atoms with E-state index in [-0.39, 0.29) is 22.8 Å². The largest absolute Gasteiger partial charge is 0.398 e. The van der Waals surface area contributed by atoms with E-state index >= 15 is 0 Å². The second-order valence-corrected chi connectivity index (χ2v) is 5.51. The predicted molar refractivity (Wildman–Crippen MR) is 80.1 cm³/mol. The van der Waals surface area contributed by atoms with Gasteiger partial charge in [-0.3, -0.25) is 14.9 Å². The summed E-state index contributed by atoms with van der Waals surface area (Å²) in [5, 5.41) is 13.6. The number of nitro groups is 1. The van der Waals surface area contributed by atoms with Gasteiger partial charge in [0.2, 0.25) is 0 Å². The van der Waals surface area contributed by atoms with Crippen LogP contribution >= 0.6 is 0 Å². The van der Waals surface area contributed by atoms with E-state index in [0.29, 0.717) is 12.5 Å². The highest BCUT2D eigenvalue weighted by molar-refractivity contribution is 5.99. The summed E-state index contributed by atoms with van der Waals surface area (Å²) in [6.07, 6.45) is 2.20. The molecule has 1 unspecified atom stereocenters. The third kappa shape index (κ3) is 3.91. The number of hydrogen-bond acceptors (Lipinski definition) is 5. The number of nitrogens with two attached hydrogens (primary N) is 1. The van der Waals surface area contributed by atoms with Crippen LogP contribution in [0.25, 0.3) is 0 Å². The zero-order chi connectivity index (χ0) is 15.4. The molecule has 1 aromatic rings. The van der Waals surface area contributed by atoms with E-state index < -0.39 is 4.92 Å². The van der Waals surface area contributed by atoms with E-state index in [1.54, 1.807) is 0 Å². The molecule has 0 aliphatic carbocycles. The fourth-order valence-corrected chi connectivity index (χ4v) is 2.63. The molecule has 0 aromatic heterocycles. The minimum atomic E-state index is -0.535. The number of rotatable bonds is 4. The highest BCUT2D eigenvalue weighted by atomic mass is 16.6. The summed E-state index contributed by atoms with van der Waals surface area (Å²) in [6, 6.07) is 3.90. The molecule has 0 radical (unpaired) electrons. The van der Waals surface area contributed by atoms with Gasteiger partial charge in [-0.25, -0.2) is 0 Å². The molecule has 21 heavy (non-hydrogen) atoms. The molecule has 1 aliphatic heterocycles. The second kappa shape index (κ2) is 6.53. The van der Waals surface area contributed by atoms with Gasteiger partial charge in [0, 0.05) is 30.9 Å². The van der Waals surface area contributed by atoms with Crippen molar-refractivity contribution in [2.45, 2.75) is 12.8 Å². The molecule has 7 nitrogen and oxygen atoms in total. The van der Waals surface area contributed by atoms with Crippen molar-refractivity contribution in [3.63, 3.8) is 0 Å². The Bertz CT molecular complexity index is 547. The van der Waals surface area contributed by atoms with Crippen LogP contribution in [0.5, 0.6) is 0 Å². The molecule has 1 aromatic carbocycles. The number of anilines is 1. The Labute approximate surface area is 123 Å². The number of carbonyl (C=O) groups is 1. The Kier molecular flexibility index (Phi) is 4.74. The Morgan fingerprint density at radius 3 is 3.00 bits per heavy atom. The molecular formula is C14H20N4O3. The van der Waals surface area contributed by atoms with Crippen molar-refractivity contribution in [2.24, 2.45) is 5.92 Å². The van der Waals surface area contributed by atoms with Crippen molar-refractivity contribution in [1.29, 1.82) is 0 Å². The first-order chi connectivity index (χ1) is 9.97. The van der Waals surface area contributed by atoms with E-state index in [1.807, 2.05) is 0 Å². The molecule has 0 bridgehead atoms. The molecule has 1 amide bonds. The van der Waals surface area contributed by atoms with Gasteiger partial charge in [-0.15, -0.1) is 0 Å². The Hall–Kier alpha value is -2.15. The van der Waals surface area contributed by atoms with Crippen LogP contribution in [0.2, 0.25) is 0 Å². The van der Waals surface area contributed by atoms with Crippen molar-refractivity contribution >= 4 is 17.3 Å². The van der Waals surface area contributed by atoms with Crippen LogP contribution < -0.4 is 11.1 Å². The number of nitrogens with one attached hydrogen (secondary N) is 1. The van der Waals surface area contributed by atoms with E-state index in [1.165, 1.54) is 18.2 Å². The van der Waals surface area contributed by atoms with Crippen LogP contribution in [-0.4, -0.2) is 42.4 Å². The monoisotopic (exact) mass is 292 g/mol. The number of likely N-dealkylation sites (tertiary alicyclic amines) is 1. The fraction of sp³-hybridized carbons (Fsp3) is 0.500. The van der Waals surface area contributed by atoms with Crippen LogP contribution in [0.4, 0.5) is 11.4 Å². The highest BCUT2D eigenvalue weighted by Gasteiger charge is 2.20. The molecular weight excluding hydrogens is 272 g/mol. The molecule has 3 N–H and O–H groups in total. The number of hydrogen-bond donors (Lipinski definition) is 2. The third-order valence-corrected chi connectivity index (χ3v) is 3.77. The zero-order valence-corrected chi connectivity index (χ0v) is 12.0. The molecule has 2 rings (SSSR count). The topological polar surface area (TPSA) is 102 Å². The predicted octanol–water partition coefficient (Wildman–Crippen LogP) is 1.25. The zero-order valence-electron chi connectivity index (χ0n) is 12.0. The van der Waals surface area contributed by atoms with Crippen LogP contribution in [-0.2, 0) is 0 Å². The van der Waals surface area contributed by atoms with Gasteiger partial charge in [0.05, 0.1) is 10.5 Å². The minimum Gasteiger partial charge on any atom is -0.398 e. The van der Waals surface area contributed by atoms with E-state index in [9.17, 15) is 14.9 Å². The highest BCUT2D eigenvalue weighted by Crippen LogP contribution is 2.20. The summed E-state index contributed by atoms with van der Waals surface area (Å²) in [6.45, 7) is 2.60. The maximum atomic E-state index is 12.1. The Balaban J connectivity index is 1.99. The van der Waals surface area contributed by atoms with Crippen molar-refractivity contribution < 1.29 is 9.72 Å². The standard InChI is InChI=1S/C14H20N4O3/c1-17-6-2-3-10(9-17)8-16-14(19)12-7-11(18(20)21)4-5-13(12)15/h4-5,7,10H,2-3,6,8-9,15H2,1H3,(H,16,19). The smallest absolute Gasteiger partial charge is 0.270 e.